The highest BCUT2D eigenvalue weighted by molar-refractivity contribution is 5.81. The van der Waals surface area contributed by atoms with Crippen molar-refractivity contribution in [1.82, 2.24) is 5.32 Å². The van der Waals surface area contributed by atoms with Gasteiger partial charge in [-0.15, -0.1) is 0 Å². The van der Waals surface area contributed by atoms with E-state index in [1.54, 1.807) is 24.3 Å². The fraction of sp³-hybridized carbons (Fsp3) is 0.588. The Bertz CT molecular complexity index is 539. The van der Waals surface area contributed by atoms with Crippen LogP contribution in [0.15, 0.2) is 24.3 Å². The number of halogens is 2. The first-order valence-electron chi connectivity index (χ1n) is 8.33. The Kier molecular flexibility index (Phi) is 5.50. The van der Waals surface area contributed by atoms with E-state index in [-0.39, 0.29) is 23.8 Å². The van der Waals surface area contributed by atoms with Gasteiger partial charge in [0.05, 0.1) is 0 Å². The summed E-state index contributed by atoms with van der Waals surface area (Å²) in [5, 5.41) is 3.07. The van der Waals surface area contributed by atoms with Gasteiger partial charge in [-0.25, -0.2) is 0 Å². The smallest absolute Gasteiger partial charge is 0.387 e. The first-order chi connectivity index (χ1) is 11.6. The lowest BCUT2D eigenvalue weighted by atomic mass is 10.0. The van der Waals surface area contributed by atoms with E-state index in [2.05, 4.69) is 15.0 Å². The molecule has 2 fully saturated rings. The first-order valence-corrected chi connectivity index (χ1v) is 8.33. The molecule has 24 heavy (non-hydrogen) atoms. The summed E-state index contributed by atoms with van der Waals surface area (Å²) in [4.78, 5) is 14.2. The molecule has 3 rings (SSSR count). The third-order valence-corrected chi connectivity index (χ3v) is 4.49. The number of alkyl halides is 2. The van der Waals surface area contributed by atoms with E-state index >= 15 is 0 Å². The van der Waals surface area contributed by atoms with Crippen LogP contribution in [-0.2, 0) is 9.53 Å². The molecular formula is C17H22F2N2O3. The average molecular weight is 340 g/mol. The van der Waals surface area contributed by atoms with Crippen LogP contribution in [0.5, 0.6) is 5.75 Å². The van der Waals surface area contributed by atoms with Crippen LogP contribution in [0, 0.1) is 0 Å². The summed E-state index contributed by atoms with van der Waals surface area (Å²) in [6, 6.07) is 6.82. The maximum atomic E-state index is 12.2. The summed E-state index contributed by atoms with van der Waals surface area (Å²) in [5.41, 5.74) is 0.973. The van der Waals surface area contributed by atoms with Gasteiger partial charge in [-0.2, -0.15) is 8.78 Å². The molecule has 1 aromatic rings. The monoisotopic (exact) mass is 340 g/mol. The molecule has 1 atom stereocenters. The number of anilines is 1. The number of carbonyl (C=O) groups excluding carboxylic acids is 1. The molecule has 1 unspecified atom stereocenters. The zero-order chi connectivity index (χ0) is 16.9. The number of nitrogens with zero attached hydrogens (tertiary/aromatic N) is 1. The van der Waals surface area contributed by atoms with E-state index in [1.807, 2.05) is 0 Å². The van der Waals surface area contributed by atoms with E-state index in [0.29, 0.717) is 6.61 Å². The third-order valence-electron chi connectivity index (χ3n) is 4.49. The highest BCUT2D eigenvalue weighted by atomic mass is 19.3. The maximum absolute atomic E-state index is 12.2. The van der Waals surface area contributed by atoms with Gasteiger partial charge >= 0.3 is 6.61 Å². The second-order valence-electron chi connectivity index (χ2n) is 6.14. The van der Waals surface area contributed by atoms with E-state index in [9.17, 15) is 13.6 Å². The van der Waals surface area contributed by atoms with Crippen molar-refractivity contribution in [2.75, 3.05) is 24.6 Å². The summed E-state index contributed by atoms with van der Waals surface area (Å²) in [7, 11) is 0. The number of ether oxygens (including phenoxy) is 2. The summed E-state index contributed by atoms with van der Waals surface area (Å²) < 4.78 is 34.1. The molecule has 0 aromatic heterocycles. The molecule has 0 saturated carbocycles. The molecule has 0 bridgehead atoms. The van der Waals surface area contributed by atoms with Crippen LogP contribution in [0.3, 0.4) is 0 Å². The molecule has 132 valence electrons. The van der Waals surface area contributed by atoms with Crippen molar-refractivity contribution in [2.45, 2.75) is 44.4 Å². The normalized spacial score (nSPS) is 22.0. The number of amides is 1. The van der Waals surface area contributed by atoms with Crippen LogP contribution < -0.4 is 15.0 Å². The van der Waals surface area contributed by atoms with Crippen LogP contribution in [-0.4, -0.2) is 44.4 Å². The van der Waals surface area contributed by atoms with E-state index in [1.165, 1.54) is 0 Å². The van der Waals surface area contributed by atoms with E-state index in [0.717, 1.165) is 44.5 Å². The topological polar surface area (TPSA) is 50.8 Å². The van der Waals surface area contributed by atoms with Gasteiger partial charge in [0, 0.05) is 31.4 Å². The predicted molar refractivity (Wildman–Crippen MR) is 85.4 cm³/mol. The zero-order valence-corrected chi connectivity index (χ0v) is 13.4. The summed E-state index contributed by atoms with van der Waals surface area (Å²) in [5.74, 6) is 0.159. The molecule has 2 heterocycles. The molecule has 1 N–H and O–H groups in total. The van der Waals surface area contributed by atoms with Gasteiger partial charge in [-0.1, -0.05) is 0 Å². The minimum absolute atomic E-state index is 0.000509. The van der Waals surface area contributed by atoms with Crippen molar-refractivity contribution in [1.29, 1.82) is 0 Å². The second kappa shape index (κ2) is 7.79. The predicted octanol–water partition coefficient (Wildman–Crippen LogP) is 2.55. The lowest BCUT2D eigenvalue weighted by Crippen LogP contribution is -2.47. The van der Waals surface area contributed by atoms with Crippen LogP contribution in [0.25, 0.3) is 0 Å². The molecule has 1 amide bonds. The second-order valence-corrected chi connectivity index (χ2v) is 6.14. The standard InChI is InChI=1S/C17H22F2N2O3/c18-17(19)24-14-5-3-13(4-6-14)21-9-7-12(8-10-21)20-16(22)15-2-1-11-23-15/h3-6,12,15,17H,1-2,7-11H2,(H,20,22). The lowest BCUT2D eigenvalue weighted by molar-refractivity contribution is -0.130. The number of hydrogen-bond acceptors (Lipinski definition) is 4. The highest BCUT2D eigenvalue weighted by Crippen LogP contribution is 2.24. The number of hydrogen-bond donors (Lipinski definition) is 1. The molecule has 2 aliphatic heterocycles. The van der Waals surface area contributed by atoms with Crippen molar-refractivity contribution in [3.63, 3.8) is 0 Å². The maximum Gasteiger partial charge on any atom is 0.387 e. The fourth-order valence-corrected chi connectivity index (χ4v) is 3.20. The number of nitrogens with one attached hydrogen (secondary N) is 1. The number of carbonyl (C=O) groups is 1. The first kappa shape index (κ1) is 17.0. The van der Waals surface area contributed by atoms with Crippen LogP contribution in [0.1, 0.15) is 25.7 Å². The van der Waals surface area contributed by atoms with Gasteiger partial charge in [0.2, 0.25) is 5.91 Å². The molecular weight excluding hydrogens is 318 g/mol. The van der Waals surface area contributed by atoms with Gasteiger partial charge < -0.3 is 19.7 Å². The Labute approximate surface area is 139 Å². The van der Waals surface area contributed by atoms with E-state index in [4.69, 9.17) is 4.74 Å². The fourth-order valence-electron chi connectivity index (χ4n) is 3.20. The summed E-state index contributed by atoms with van der Waals surface area (Å²) >= 11 is 0. The Balaban J connectivity index is 1.47. The molecule has 2 saturated heterocycles. The third kappa shape index (κ3) is 4.35. The molecule has 7 heteroatoms. The average Bonchev–Trinajstić information content (AvgIpc) is 3.10. The highest BCUT2D eigenvalue weighted by Gasteiger charge is 2.27. The molecule has 5 nitrogen and oxygen atoms in total. The Morgan fingerprint density at radius 3 is 2.50 bits per heavy atom. The van der Waals surface area contributed by atoms with Crippen molar-refractivity contribution in [3.05, 3.63) is 24.3 Å². The molecule has 0 spiro atoms. The van der Waals surface area contributed by atoms with Gasteiger partial charge in [0.1, 0.15) is 11.9 Å². The quantitative estimate of drug-likeness (QED) is 0.895. The van der Waals surface area contributed by atoms with E-state index < -0.39 is 6.61 Å². The molecule has 1 aromatic carbocycles. The minimum atomic E-state index is -2.81. The largest absolute Gasteiger partial charge is 0.435 e. The molecule has 0 radical (unpaired) electrons. The van der Waals surface area contributed by atoms with Gasteiger partial charge in [0.15, 0.2) is 0 Å². The Hall–Kier alpha value is -1.89. The van der Waals surface area contributed by atoms with Gasteiger partial charge in [-0.05, 0) is 49.9 Å². The number of piperidine rings is 1. The number of benzene rings is 1. The van der Waals surface area contributed by atoms with Crippen molar-refractivity contribution >= 4 is 11.6 Å². The SMILES string of the molecule is O=C(NC1CCN(c2ccc(OC(F)F)cc2)CC1)C1CCCO1. The lowest BCUT2D eigenvalue weighted by Gasteiger charge is -2.34. The zero-order valence-electron chi connectivity index (χ0n) is 13.4. The summed E-state index contributed by atoms with van der Waals surface area (Å²) in [6.45, 7) is -0.516. The van der Waals surface area contributed by atoms with Crippen molar-refractivity contribution in [2.24, 2.45) is 0 Å². The summed E-state index contributed by atoms with van der Waals surface area (Å²) in [6.07, 6.45) is 3.17. The minimum Gasteiger partial charge on any atom is -0.435 e. The van der Waals surface area contributed by atoms with Crippen LogP contribution >= 0.6 is 0 Å². The van der Waals surface area contributed by atoms with Crippen molar-refractivity contribution in [3.8, 4) is 5.75 Å². The molecule has 0 aliphatic carbocycles. The number of rotatable bonds is 5. The van der Waals surface area contributed by atoms with Crippen LogP contribution in [0.4, 0.5) is 14.5 Å². The van der Waals surface area contributed by atoms with Gasteiger partial charge in [0.25, 0.3) is 0 Å². The molecule has 2 aliphatic rings. The van der Waals surface area contributed by atoms with Gasteiger partial charge in [-0.3, -0.25) is 4.79 Å². The van der Waals surface area contributed by atoms with Crippen LogP contribution in [0.2, 0.25) is 0 Å². The Morgan fingerprint density at radius 2 is 1.92 bits per heavy atom. The van der Waals surface area contributed by atoms with Crippen molar-refractivity contribution < 1.29 is 23.0 Å². The Morgan fingerprint density at radius 1 is 1.21 bits per heavy atom.